The maximum absolute atomic E-state index is 12.2. The summed E-state index contributed by atoms with van der Waals surface area (Å²) in [4.78, 5) is 36.3. The van der Waals surface area contributed by atoms with E-state index in [1.54, 1.807) is 12.1 Å². The van der Waals surface area contributed by atoms with Crippen LogP contribution in [0.3, 0.4) is 0 Å². The number of carbonyl (C=O) groups excluding carboxylic acids is 3. The number of aliphatic hydroxyl groups excluding tert-OH is 1. The highest BCUT2D eigenvalue weighted by atomic mass is 16.5. The van der Waals surface area contributed by atoms with Gasteiger partial charge in [-0.3, -0.25) is 9.59 Å². The molecule has 0 bridgehead atoms. The van der Waals surface area contributed by atoms with Gasteiger partial charge >= 0.3 is 6.09 Å². The molecular weight excluding hydrogens is 414 g/mol. The van der Waals surface area contributed by atoms with Crippen LogP contribution < -0.4 is 20.7 Å². The van der Waals surface area contributed by atoms with Crippen molar-refractivity contribution in [2.24, 2.45) is 0 Å². The van der Waals surface area contributed by atoms with E-state index in [2.05, 4.69) is 16.0 Å². The van der Waals surface area contributed by atoms with E-state index in [0.717, 1.165) is 5.56 Å². The van der Waals surface area contributed by atoms with Gasteiger partial charge in [0.15, 0.2) is 0 Å². The van der Waals surface area contributed by atoms with E-state index in [-0.39, 0.29) is 19.8 Å². The van der Waals surface area contributed by atoms with E-state index in [1.807, 2.05) is 48.5 Å². The predicted octanol–water partition coefficient (Wildman–Crippen LogP) is 1.36. The molecule has 0 aromatic heterocycles. The quantitative estimate of drug-likeness (QED) is 0.416. The van der Waals surface area contributed by atoms with Crippen LogP contribution in [0.4, 0.5) is 4.79 Å². The Bertz CT molecular complexity index is 863. The van der Waals surface area contributed by atoms with Crippen molar-refractivity contribution in [1.29, 1.82) is 0 Å². The molecular formula is C23H29N3O6. The van der Waals surface area contributed by atoms with Crippen molar-refractivity contribution in [3.63, 3.8) is 0 Å². The van der Waals surface area contributed by atoms with Gasteiger partial charge in [0, 0.05) is 6.54 Å². The van der Waals surface area contributed by atoms with Crippen LogP contribution in [0.5, 0.6) is 5.75 Å². The Labute approximate surface area is 187 Å². The second-order valence-electron chi connectivity index (χ2n) is 7.18. The van der Waals surface area contributed by atoms with Crippen molar-refractivity contribution < 1.29 is 29.0 Å². The first kappa shape index (κ1) is 24.7. The van der Waals surface area contributed by atoms with Crippen LogP contribution >= 0.6 is 0 Å². The summed E-state index contributed by atoms with van der Waals surface area (Å²) in [5.74, 6) is -0.407. The summed E-state index contributed by atoms with van der Waals surface area (Å²) in [7, 11) is 0. The van der Waals surface area contributed by atoms with E-state index in [4.69, 9.17) is 9.47 Å². The summed E-state index contributed by atoms with van der Waals surface area (Å²) >= 11 is 0. The molecule has 0 aliphatic rings. The first-order valence-electron chi connectivity index (χ1n) is 10.3. The topological polar surface area (TPSA) is 126 Å². The molecule has 0 radical (unpaired) electrons. The lowest BCUT2D eigenvalue weighted by atomic mass is 10.2. The average Bonchev–Trinajstić information content (AvgIpc) is 2.81. The summed E-state index contributed by atoms with van der Waals surface area (Å²) < 4.78 is 10.5. The highest BCUT2D eigenvalue weighted by Gasteiger charge is 2.22. The standard InChI is InChI=1S/C23H29N3O6/c1-16(21(28)24-13-19(27)15-31-20-11-7-4-8-12-20)25-22(29)17(2)26-23(30)32-14-18-9-5-3-6-10-18/h3-12,16-17,19,27H,13-15H2,1-2H3,(H,24,28)(H,25,29)(H,26,30)/t16-,17-,19?/m0/s1. The van der Waals surface area contributed by atoms with Gasteiger partial charge in [0.25, 0.3) is 0 Å². The molecule has 0 saturated carbocycles. The van der Waals surface area contributed by atoms with E-state index in [1.165, 1.54) is 13.8 Å². The molecule has 2 aromatic rings. The normalized spacial score (nSPS) is 13.2. The highest BCUT2D eigenvalue weighted by Crippen LogP contribution is 2.08. The van der Waals surface area contributed by atoms with Crippen molar-refractivity contribution in [1.82, 2.24) is 16.0 Å². The summed E-state index contributed by atoms with van der Waals surface area (Å²) in [6.45, 7) is 3.04. The van der Waals surface area contributed by atoms with Gasteiger partial charge in [-0.1, -0.05) is 48.5 Å². The first-order valence-corrected chi connectivity index (χ1v) is 10.3. The minimum absolute atomic E-state index is 0.0110. The molecule has 172 valence electrons. The molecule has 0 saturated heterocycles. The van der Waals surface area contributed by atoms with Crippen molar-refractivity contribution >= 4 is 17.9 Å². The number of nitrogens with one attached hydrogen (secondary N) is 3. The molecule has 0 aliphatic heterocycles. The number of rotatable bonds is 11. The Balaban J connectivity index is 1.65. The third kappa shape index (κ3) is 9.05. The predicted molar refractivity (Wildman–Crippen MR) is 118 cm³/mol. The lowest BCUT2D eigenvalue weighted by Gasteiger charge is -2.19. The Morgan fingerprint density at radius 2 is 1.47 bits per heavy atom. The van der Waals surface area contributed by atoms with Gasteiger partial charge in [-0.2, -0.15) is 0 Å². The molecule has 2 aromatic carbocycles. The summed E-state index contributed by atoms with van der Waals surface area (Å²) in [5.41, 5.74) is 0.821. The molecule has 1 unspecified atom stereocenters. The van der Waals surface area contributed by atoms with Gasteiger partial charge in [-0.05, 0) is 31.5 Å². The van der Waals surface area contributed by atoms with Gasteiger partial charge in [0.2, 0.25) is 11.8 Å². The second-order valence-corrected chi connectivity index (χ2v) is 7.18. The Kier molecular flexibility index (Phi) is 9.99. The van der Waals surface area contributed by atoms with E-state index in [0.29, 0.717) is 5.75 Å². The molecule has 0 heterocycles. The lowest BCUT2D eigenvalue weighted by Crippen LogP contribution is -2.52. The minimum Gasteiger partial charge on any atom is -0.491 e. The molecule has 0 fully saturated rings. The van der Waals surface area contributed by atoms with Crippen molar-refractivity contribution in [3.8, 4) is 5.75 Å². The molecule has 9 heteroatoms. The summed E-state index contributed by atoms with van der Waals surface area (Å²) in [6.07, 6.45) is -1.66. The molecule has 3 atom stereocenters. The molecule has 9 nitrogen and oxygen atoms in total. The summed E-state index contributed by atoms with van der Waals surface area (Å²) in [5, 5.41) is 17.4. The maximum atomic E-state index is 12.2. The summed E-state index contributed by atoms with van der Waals surface area (Å²) in [6, 6.07) is 16.4. The zero-order chi connectivity index (χ0) is 23.3. The molecule has 32 heavy (non-hydrogen) atoms. The number of para-hydroxylation sites is 1. The largest absolute Gasteiger partial charge is 0.491 e. The number of benzene rings is 2. The number of hydrogen-bond acceptors (Lipinski definition) is 6. The van der Waals surface area contributed by atoms with Gasteiger partial charge < -0.3 is 30.5 Å². The fraction of sp³-hybridized carbons (Fsp3) is 0.348. The lowest BCUT2D eigenvalue weighted by molar-refractivity contribution is -0.129. The minimum atomic E-state index is -0.915. The van der Waals surface area contributed by atoms with Crippen LogP contribution in [0, 0.1) is 0 Å². The van der Waals surface area contributed by atoms with Gasteiger partial charge in [-0.25, -0.2) is 4.79 Å². The maximum Gasteiger partial charge on any atom is 0.408 e. The van der Waals surface area contributed by atoms with Gasteiger partial charge in [-0.15, -0.1) is 0 Å². The van der Waals surface area contributed by atoms with Crippen LogP contribution in [-0.2, 0) is 20.9 Å². The van der Waals surface area contributed by atoms with Gasteiger partial charge in [0.05, 0.1) is 0 Å². The van der Waals surface area contributed by atoms with E-state index >= 15 is 0 Å². The zero-order valence-corrected chi connectivity index (χ0v) is 18.1. The number of carbonyl (C=O) groups is 3. The van der Waals surface area contributed by atoms with E-state index < -0.39 is 36.1 Å². The monoisotopic (exact) mass is 443 g/mol. The number of alkyl carbamates (subject to hydrolysis) is 1. The third-order valence-electron chi connectivity index (χ3n) is 4.39. The highest BCUT2D eigenvalue weighted by molar-refractivity contribution is 5.90. The van der Waals surface area contributed by atoms with Crippen molar-refractivity contribution in [2.45, 2.75) is 38.6 Å². The Morgan fingerprint density at radius 1 is 0.875 bits per heavy atom. The van der Waals surface area contributed by atoms with Crippen LogP contribution in [0.1, 0.15) is 19.4 Å². The molecule has 0 aliphatic carbocycles. The van der Waals surface area contributed by atoms with E-state index in [9.17, 15) is 19.5 Å². The first-order chi connectivity index (χ1) is 15.3. The average molecular weight is 444 g/mol. The molecule has 3 amide bonds. The molecule has 2 rings (SSSR count). The number of ether oxygens (including phenoxy) is 2. The van der Waals surface area contributed by atoms with Crippen LogP contribution in [0.15, 0.2) is 60.7 Å². The third-order valence-corrected chi connectivity index (χ3v) is 4.39. The van der Waals surface area contributed by atoms with Crippen LogP contribution in [-0.4, -0.2) is 54.4 Å². The van der Waals surface area contributed by atoms with Crippen LogP contribution in [0.25, 0.3) is 0 Å². The fourth-order valence-electron chi connectivity index (χ4n) is 2.55. The Hall–Kier alpha value is -3.59. The smallest absolute Gasteiger partial charge is 0.408 e. The molecule has 4 N–H and O–H groups in total. The number of hydrogen-bond donors (Lipinski definition) is 4. The zero-order valence-electron chi connectivity index (χ0n) is 18.1. The second kappa shape index (κ2) is 13.0. The fourth-order valence-corrected chi connectivity index (χ4v) is 2.55. The van der Waals surface area contributed by atoms with Crippen molar-refractivity contribution in [3.05, 3.63) is 66.2 Å². The van der Waals surface area contributed by atoms with Gasteiger partial charge in [0.1, 0.15) is 37.2 Å². The number of aliphatic hydroxyl groups is 1. The van der Waals surface area contributed by atoms with Crippen LogP contribution in [0.2, 0.25) is 0 Å². The van der Waals surface area contributed by atoms with Crippen molar-refractivity contribution in [2.75, 3.05) is 13.2 Å². The SMILES string of the molecule is C[C@H](NC(=O)OCc1ccccc1)C(=O)N[C@@H](C)C(=O)NCC(O)COc1ccccc1. The number of amides is 3. The molecule has 0 spiro atoms. The Morgan fingerprint density at radius 3 is 2.12 bits per heavy atom.